The average Bonchev–Trinajstić information content (AvgIpc) is 2.74. The van der Waals surface area contributed by atoms with Crippen LogP contribution in [0.25, 0.3) is 0 Å². The monoisotopic (exact) mass is 225 g/mol. The van der Waals surface area contributed by atoms with E-state index in [1.54, 1.807) is 4.88 Å². The third-order valence-corrected chi connectivity index (χ3v) is 5.17. The maximum atomic E-state index is 5.26. The molecule has 0 amide bonds. The number of aromatic amines is 1. The van der Waals surface area contributed by atoms with Gasteiger partial charge in [-0.3, -0.25) is 0 Å². The highest BCUT2D eigenvalue weighted by molar-refractivity contribution is 7.73. The maximum absolute atomic E-state index is 5.26. The molecule has 0 atom stereocenters. The molecule has 1 saturated carbocycles. The fraction of sp³-hybridized carbons (Fsp3) is 0.727. The van der Waals surface area contributed by atoms with Crippen molar-refractivity contribution in [2.75, 3.05) is 0 Å². The van der Waals surface area contributed by atoms with E-state index in [-0.39, 0.29) is 0 Å². The van der Waals surface area contributed by atoms with Gasteiger partial charge in [0.2, 0.25) is 0 Å². The Labute approximate surface area is 93.6 Å². The van der Waals surface area contributed by atoms with E-state index in [0.29, 0.717) is 5.41 Å². The summed E-state index contributed by atoms with van der Waals surface area (Å²) < 4.78 is 0.989. The van der Waals surface area contributed by atoms with Crippen LogP contribution < -0.4 is 0 Å². The molecule has 76 valence electrons. The van der Waals surface area contributed by atoms with E-state index >= 15 is 0 Å². The van der Waals surface area contributed by atoms with Gasteiger partial charge in [-0.05, 0) is 44.3 Å². The van der Waals surface area contributed by atoms with Crippen molar-refractivity contribution in [1.29, 1.82) is 0 Å². The van der Waals surface area contributed by atoms with Gasteiger partial charge in [0.25, 0.3) is 0 Å². The molecule has 1 fully saturated rings. The lowest BCUT2D eigenvalue weighted by Crippen LogP contribution is -2.27. The van der Waals surface area contributed by atoms with Gasteiger partial charge >= 0.3 is 0 Å². The molecular weight excluding hydrogens is 210 g/mol. The van der Waals surface area contributed by atoms with E-state index in [0.717, 1.165) is 3.95 Å². The van der Waals surface area contributed by atoms with Gasteiger partial charge in [0.05, 0.1) is 0 Å². The average molecular weight is 225 g/mol. The first-order valence-corrected chi connectivity index (χ1v) is 6.75. The van der Waals surface area contributed by atoms with Crippen molar-refractivity contribution < 1.29 is 0 Å². The minimum Gasteiger partial charge on any atom is -0.340 e. The molecule has 1 spiro atoms. The van der Waals surface area contributed by atoms with Crippen molar-refractivity contribution in [3.05, 3.63) is 14.5 Å². The second-order valence-electron chi connectivity index (χ2n) is 4.65. The Hall–Kier alpha value is -0.150. The first-order valence-electron chi connectivity index (χ1n) is 5.53. The maximum Gasteiger partial charge on any atom is 0.158 e. The van der Waals surface area contributed by atoms with Crippen LogP contribution in [-0.2, 0) is 11.8 Å². The Morgan fingerprint density at radius 3 is 2.64 bits per heavy atom. The minimum atomic E-state index is 0.515. The predicted octanol–water partition coefficient (Wildman–Crippen LogP) is 3.95. The van der Waals surface area contributed by atoms with Gasteiger partial charge in [-0.1, -0.05) is 12.8 Å². The second-order valence-corrected chi connectivity index (χ2v) is 6.43. The summed E-state index contributed by atoms with van der Waals surface area (Å²) in [5.41, 5.74) is 2.04. The lowest BCUT2D eigenvalue weighted by molar-refractivity contribution is 0.362. The van der Waals surface area contributed by atoms with Gasteiger partial charge in [-0.25, -0.2) is 0 Å². The van der Waals surface area contributed by atoms with E-state index in [1.165, 1.54) is 50.6 Å². The zero-order valence-corrected chi connectivity index (χ0v) is 9.90. The number of aromatic nitrogens is 1. The van der Waals surface area contributed by atoms with Crippen LogP contribution in [0.15, 0.2) is 0 Å². The van der Waals surface area contributed by atoms with Crippen LogP contribution in [0.5, 0.6) is 0 Å². The van der Waals surface area contributed by atoms with Gasteiger partial charge < -0.3 is 4.98 Å². The highest BCUT2D eigenvalue weighted by Crippen LogP contribution is 2.49. The van der Waals surface area contributed by atoms with Crippen molar-refractivity contribution in [3.63, 3.8) is 0 Å². The molecule has 3 rings (SSSR count). The largest absolute Gasteiger partial charge is 0.340 e. The third-order valence-electron chi connectivity index (χ3n) is 3.87. The van der Waals surface area contributed by atoms with Gasteiger partial charge in [0.15, 0.2) is 3.95 Å². The summed E-state index contributed by atoms with van der Waals surface area (Å²) >= 11 is 7.07. The molecule has 1 aromatic rings. The Bertz CT molecular complexity index is 396. The van der Waals surface area contributed by atoms with Gasteiger partial charge in [-0.15, -0.1) is 11.3 Å². The molecule has 0 aromatic carbocycles. The van der Waals surface area contributed by atoms with Crippen molar-refractivity contribution in [2.45, 2.75) is 50.4 Å². The van der Waals surface area contributed by atoms with Crippen LogP contribution >= 0.6 is 23.6 Å². The zero-order valence-electron chi connectivity index (χ0n) is 8.27. The first kappa shape index (κ1) is 9.10. The lowest BCUT2D eigenvalue weighted by Gasteiger charge is -2.32. The highest BCUT2D eigenvalue weighted by Gasteiger charge is 2.40. The number of H-pyrrole nitrogens is 1. The molecule has 1 aromatic heterocycles. The van der Waals surface area contributed by atoms with E-state index in [9.17, 15) is 0 Å². The molecule has 1 heterocycles. The highest BCUT2D eigenvalue weighted by atomic mass is 32.1. The lowest BCUT2D eigenvalue weighted by atomic mass is 9.74. The summed E-state index contributed by atoms with van der Waals surface area (Å²) in [6.45, 7) is 0. The number of nitrogens with one attached hydrogen (secondary N) is 1. The molecule has 0 saturated heterocycles. The van der Waals surface area contributed by atoms with Crippen LogP contribution in [0.4, 0.5) is 0 Å². The molecule has 0 aliphatic heterocycles. The summed E-state index contributed by atoms with van der Waals surface area (Å²) in [5.74, 6) is 0. The Morgan fingerprint density at radius 1 is 1.14 bits per heavy atom. The molecule has 1 N–H and O–H groups in total. The van der Waals surface area contributed by atoms with Gasteiger partial charge in [-0.2, -0.15) is 0 Å². The topological polar surface area (TPSA) is 15.8 Å². The molecule has 0 bridgehead atoms. The molecule has 2 aliphatic carbocycles. The first-order chi connectivity index (χ1) is 6.80. The standard InChI is InChI=1S/C11H15NS2/c13-10-12-9-8(14-10)4-3-7-11(9)5-1-2-6-11/h1-7H2,(H,12,13). The molecule has 2 aliphatic rings. The van der Waals surface area contributed by atoms with Crippen molar-refractivity contribution in [2.24, 2.45) is 0 Å². The van der Waals surface area contributed by atoms with E-state index in [4.69, 9.17) is 12.2 Å². The molecular formula is C11H15NS2. The number of fused-ring (bicyclic) bond motifs is 2. The molecule has 0 unspecified atom stereocenters. The summed E-state index contributed by atoms with van der Waals surface area (Å²) in [6.07, 6.45) is 9.63. The SMILES string of the molecule is S=c1[nH]c2c(s1)CCCC21CCCC1. The van der Waals surface area contributed by atoms with E-state index < -0.39 is 0 Å². The summed E-state index contributed by atoms with van der Waals surface area (Å²) in [5, 5.41) is 0. The van der Waals surface area contributed by atoms with Crippen molar-refractivity contribution >= 4 is 23.6 Å². The second kappa shape index (κ2) is 3.17. The van der Waals surface area contributed by atoms with Crippen LogP contribution in [0.1, 0.15) is 49.1 Å². The number of hydrogen-bond donors (Lipinski definition) is 1. The molecule has 14 heavy (non-hydrogen) atoms. The smallest absolute Gasteiger partial charge is 0.158 e. The predicted molar refractivity (Wildman–Crippen MR) is 62.6 cm³/mol. The van der Waals surface area contributed by atoms with Gasteiger partial charge in [0.1, 0.15) is 0 Å². The van der Waals surface area contributed by atoms with Crippen LogP contribution in [0, 0.1) is 3.95 Å². The fourth-order valence-corrected chi connectivity index (χ4v) is 4.63. The number of hydrogen-bond acceptors (Lipinski definition) is 2. The van der Waals surface area contributed by atoms with Gasteiger partial charge in [0, 0.05) is 16.0 Å². The van der Waals surface area contributed by atoms with Crippen molar-refractivity contribution in [3.8, 4) is 0 Å². The van der Waals surface area contributed by atoms with Crippen LogP contribution in [0.2, 0.25) is 0 Å². The molecule has 3 heteroatoms. The minimum absolute atomic E-state index is 0.515. The number of aryl methyl sites for hydroxylation is 1. The van der Waals surface area contributed by atoms with Crippen molar-refractivity contribution in [1.82, 2.24) is 4.98 Å². The summed E-state index contributed by atoms with van der Waals surface area (Å²) in [6, 6.07) is 0. The summed E-state index contributed by atoms with van der Waals surface area (Å²) in [7, 11) is 0. The summed E-state index contributed by atoms with van der Waals surface area (Å²) in [4.78, 5) is 5.02. The molecule has 0 radical (unpaired) electrons. The Kier molecular flexibility index (Phi) is 2.06. The third kappa shape index (κ3) is 1.22. The Morgan fingerprint density at radius 2 is 1.86 bits per heavy atom. The van der Waals surface area contributed by atoms with Crippen LogP contribution in [-0.4, -0.2) is 4.98 Å². The number of thiazole rings is 1. The normalized spacial score (nSPS) is 24.0. The van der Waals surface area contributed by atoms with E-state index in [2.05, 4.69) is 4.98 Å². The fourth-order valence-electron chi connectivity index (χ4n) is 3.23. The molecule has 1 nitrogen and oxygen atoms in total. The number of rotatable bonds is 0. The zero-order chi connectivity index (χ0) is 9.60. The quantitative estimate of drug-likeness (QED) is 0.661. The van der Waals surface area contributed by atoms with E-state index in [1.807, 2.05) is 11.3 Å². The van der Waals surface area contributed by atoms with Crippen LogP contribution in [0.3, 0.4) is 0 Å². The Balaban J connectivity index is 2.14.